The molecule has 0 aromatic heterocycles. The Morgan fingerprint density at radius 3 is 2.02 bits per heavy atom. The lowest BCUT2D eigenvalue weighted by molar-refractivity contribution is -0.274. The van der Waals surface area contributed by atoms with Gasteiger partial charge in [0.05, 0.1) is 37.3 Å². The molecule has 0 saturated carbocycles. The van der Waals surface area contributed by atoms with E-state index in [2.05, 4.69) is 15.4 Å². The van der Waals surface area contributed by atoms with E-state index in [1.807, 2.05) is 6.92 Å². The van der Waals surface area contributed by atoms with Crippen molar-refractivity contribution in [1.82, 2.24) is 10.6 Å². The molecule has 0 bridgehead atoms. The number of hydrogen-bond acceptors (Lipinski definition) is 6. The van der Waals surface area contributed by atoms with Crippen LogP contribution in [-0.4, -0.2) is 44.4 Å². The van der Waals surface area contributed by atoms with Crippen molar-refractivity contribution in [3.05, 3.63) is 94.5 Å². The highest BCUT2D eigenvalue weighted by Crippen LogP contribution is 2.38. The fourth-order valence-corrected chi connectivity index (χ4v) is 4.90. The number of methoxy groups -OCH3 is 1. The fourth-order valence-electron chi connectivity index (χ4n) is 4.90. The normalized spacial score (nSPS) is 12.9. The van der Waals surface area contributed by atoms with E-state index < -0.39 is 53.6 Å². The maximum absolute atomic E-state index is 13.6. The van der Waals surface area contributed by atoms with Crippen molar-refractivity contribution in [1.29, 1.82) is 0 Å². The van der Waals surface area contributed by atoms with Crippen molar-refractivity contribution in [3.63, 3.8) is 0 Å². The minimum absolute atomic E-state index is 0.00582. The van der Waals surface area contributed by atoms with Crippen LogP contribution >= 0.6 is 0 Å². The first-order chi connectivity index (χ1) is 22.2. The molecule has 0 aliphatic carbocycles. The summed E-state index contributed by atoms with van der Waals surface area (Å²) >= 11 is 0. The van der Waals surface area contributed by atoms with E-state index in [9.17, 15) is 40.7 Å². The van der Waals surface area contributed by atoms with Gasteiger partial charge in [-0.15, -0.1) is 13.2 Å². The highest BCUT2D eigenvalue weighted by atomic mass is 19.4. The Bertz CT molecular complexity index is 1510. The molecule has 8 nitrogen and oxygen atoms in total. The van der Waals surface area contributed by atoms with Gasteiger partial charge in [0.15, 0.2) is 0 Å². The average molecular weight is 669 g/mol. The van der Waals surface area contributed by atoms with Gasteiger partial charge in [-0.1, -0.05) is 37.6 Å². The summed E-state index contributed by atoms with van der Waals surface area (Å²) in [5.74, 6) is -2.98. The van der Waals surface area contributed by atoms with E-state index in [1.165, 1.54) is 12.1 Å². The summed E-state index contributed by atoms with van der Waals surface area (Å²) in [6, 6.07) is 12.9. The van der Waals surface area contributed by atoms with Crippen LogP contribution < -0.4 is 20.1 Å². The summed E-state index contributed by atoms with van der Waals surface area (Å²) in [7, 11) is 1.12. The van der Waals surface area contributed by atoms with Crippen molar-refractivity contribution in [2.24, 2.45) is 0 Å². The minimum atomic E-state index is -4.92. The van der Waals surface area contributed by atoms with E-state index in [-0.39, 0.29) is 36.4 Å². The number of esters is 1. The summed E-state index contributed by atoms with van der Waals surface area (Å²) in [6.07, 6.45) is -8.55. The second-order valence-corrected chi connectivity index (χ2v) is 10.3. The zero-order valence-corrected chi connectivity index (χ0v) is 25.8. The zero-order chi connectivity index (χ0) is 34.8. The topological polar surface area (TPSA) is 103 Å². The van der Waals surface area contributed by atoms with E-state index in [4.69, 9.17) is 9.47 Å². The highest BCUT2D eigenvalue weighted by molar-refractivity contribution is 5.97. The average Bonchev–Trinajstić information content (AvgIpc) is 3.01. The van der Waals surface area contributed by atoms with Crippen molar-refractivity contribution in [3.8, 4) is 11.5 Å². The SMILES string of the molecule is CCCC(c1ccc(C(=O)NCCC(=O)OCC)cc1)C(NC(=O)c1ccc(C(F)(F)F)cc1OC)c1ccc(OC(F)(F)F)cc1. The first-order valence-corrected chi connectivity index (χ1v) is 14.6. The number of alkyl halides is 6. The van der Waals surface area contributed by atoms with Crippen LogP contribution in [0.25, 0.3) is 0 Å². The van der Waals surface area contributed by atoms with Crippen molar-refractivity contribution in [2.75, 3.05) is 20.3 Å². The lowest BCUT2D eigenvalue weighted by Crippen LogP contribution is -2.33. The van der Waals surface area contributed by atoms with Gasteiger partial charge < -0.3 is 24.8 Å². The predicted octanol–water partition coefficient (Wildman–Crippen LogP) is 7.35. The van der Waals surface area contributed by atoms with E-state index in [1.54, 1.807) is 31.2 Å². The van der Waals surface area contributed by atoms with Gasteiger partial charge in [0.2, 0.25) is 0 Å². The number of rotatable bonds is 14. The van der Waals surface area contributed by atoms with Crippen LogP contribution in [0.4, 0.5) is 26.3 Å². The van der Waals surface area contributed by atoms with Gasteiger partial charge in [-0.3, -0.25) is 14.4 Å². The molecule has 14 heteroatoms. The zero-order valence-electron chi connectivity index (χ0n) is 25.8. The van der Waals surface area contributed by atoms with Gasteiger partial charge in [-0.05, 0) is 66.9 Å². The van der Waals surface area contributed by atoms with E-state index in [0.29, 0.717) is 30.0 Å². The number of carbonyl (C=O) groups excluding carboxylic acids is 3. The summed E-state index contributed by atoms with van der Waals surface area (Å²) in [5.41, 5.74) is 0.133. The second-order valence-electron chi connectivity index (χ2n) is 10.3. The molecule has 3 aromatic rings. The number of benzene rings is 3. The Labute approximate surface area is 267 Å². The third kappa shape index (κ3) is 10.6. The fraction of sp³-hybridized carbons (Fsp3) is 0.364. The highest BCUT2D eigenvalue weighted by Gasteiger charge is 2.34. The summed E-state index contributed by atoms with van der Waals surface area (Å²) in [4.78, 5) is 37.7. The third-order valence-corrected chi connectivity index (χ3v) is 7.06. The van der Waals surface area contributed by atoms with Gasteiger partial charge in [-0.2, -0.15) is 13.2 Å². The van der Waals surface area contributed by atoms with Gasteiger partial charge in [0.25, 0.3) is 11.8 Å². The molecule has 47 heavy (non-hydrogen) atoms. The number of carbonyl (C=O) groups is 3. The first kappa shape index (κ1) is 36.7. The molecule has 0 saturated heterocycles. The minimum Gasteiger partial charge on any atom is -0.496 e. The Kier molecular flexibility index (Phi) is 12.6. The van der Waals surface area contributed by atoms with Crippen LogP contribution in [0.2, 0.25) is 0 Å². The van der Waals surface area contributed by atoms with Crippen LogP contribution in [0.15, 0.2) is 66.7 Å². The van der Waals surface area contributed by atoms with Gasteiger partial charge >= 0.3 is 18.5 Å². The third-order valence-electron chi connectivity index (χ3n) is 7.06. The van der Waals surface area contributed by atoms with Gasteiger partial charge in [-0.25, -0.2) is 0 Å². The van der Waals surface area contributed by atoms with Crippen molar-refractivity contribution < 1.29 is 54.9 Å². The molecule has 2 atom stereocenters. The lowest BCUT2D eigenvalue weighted by atomic mass is 9.83. The number of amides is 2. The Hall–Kier alpha value is -4.75. The second kappa shape index (κ2) is 16.2. The van der Waals surface area contributed by atoms with E-state index >= 15 is 0 Å². The summed E-state index contributed by atoms with van der Waals surface area (Å²) in [5, 5.41) is 5.46. The number of nitrogens with one attached hydrogen (secondary N) is 2. The van der Waals surface area contributed by atoms with Crippen LogP contribution in [-0.2, 0) is 15.7 Å². The lowest BCUT2D eigenvalue weighted by Gasteiger charge is -2.29. The van der Waals surface area contributed by atoms with Crippen LogP contribution in [0.1, 0.15) is 82.5 Å². The van der Waals surface area contributed by atoms with Gasteiger partial charge in [0.1, 0.15) is 11.5 Å². The standard InChI is InChI=1S/C33H34F6N2O6/c1-4-6-25(20-7-9-22(10-8-20)30(43)40-18-17-28(42)46-5-2)29(21-11-14-24(15-12-21)47-33(37,38)39)41-31(44)26-16-13-23(32(34,35)36)19-27(26)45-3/h7-16,19,25,29H,4-6,17-18H2,1-3H3,(H,40,43)(H,41,44). The molecule has 3 rings (SSSR count). The van der Waals surface area contributed by atoms with Gasteiger partial charge in [0, 0.05) is 18.0 Å². The smallest absolute Gasteiger partial charge is 0.496 e. The molecule has 0 radical (unpaired) electrons. The molecule has 2 amide bonds. The Morgan fingerprint density at radius 1 is 0.830 bits per heavy atom. The monoisotopic (exact) mass is 668 g/mol. The predicted molar refractivity (Wildman–Crippen MR) is 159 cm³/mol. The molecular weight excluding hydrogens is 634 g/mol. The van der Waals surface area contributed by atoms with E-state index in [0.717, 1.165) is 31.4 Å². The van der Waals surface area contributed by atoms with Crippen molar-refractivity contribution in [2.45, 2.75) is 57.6 Å². The maximum atomic E-state index is 13.6. The summed E-state index contributed by atoms with van der Waals surface area (Å²) < 4.78 is 92.2. The molecule has 0 spiro atoms. The molecule has 2 N–H and O–H groups in total. The van der Waals surface area contributed by atoms with Crippen molar-refractivity contribution >= 4 is 17.8 Å². The molecule has 0 heterocycles. The molecule has 254 valence electrons. The maximum Gasteiger partial charge on any atom is 0.573 e. The molecule has 0 fully saturated rings. The first-order valence-electron chi connectivity index (χ1n) is 14.6. The number of ether oxygens (including phenoxy) is 3. The summed E-state index contributed by atoms with van der Waals surface area (Å²) in [6.45, 7) is 3.84. The van der Waals surface area contributed by atoms with Crippen LogP contribution in [0, 0.1) is 0 Å². The largest absolute Gasteiger partial charge is 0.573 e. The molecule has 0 aliphatic rings. The molecule has 0 aliphatic heterocycles. The number of halogens is 6. The quantitative estimate of drug-likeness (QED) is 0.138. The molecule has 3 aromatic carbocycles. The van der Waals surface area contributed by atoms with Crippen LogP contribution in [0.5, 0.6) is 11.5 Å². The molecule has 2 unspecified atom stereocenters. The van der Waals surface area contributed by atoms with Crippen LogP contribution in [0.3, 0.4) is 0 Å². The Balaban J connectivity index is 1.96. The number of hydrogen-bond donors (Lipinski definition) is 2. The molecular formula is C33H34F6N2O6. The Morgan fingerprint density at radius 2 is 1.47 bits per heavy atom.